The normalized spacial score (nSPS) is 14.6. The van der Waals surface area contributed by atoms with Crippen molar-refractivity contribution in [2.45, 2.75) is 18.8 Å². The molecule has 1 saturated carbocycles. The lowest BCUT2D eigenvalue weighted by molar-refractivity contribution is 0.475. The standard InChI is InChI=1S/C14H10N2O3S/c17-12-6-4-8-3-5-10(7-11(8)19-12)18-14-15-13(16-20-14)9-1-2-9/h3-7,9H,1-2H2. The van der Waals surface area contributed by atoms with E-state index in [1.54, 1.807) is 12.1 Å². The predicted octanol–water partition coefficient (Wildman–Crippen LogP) is 3.31. The number of hydrogen-bond acceptors (Lipinski definition) is 6. The van der Waals surface area contributed by atoms with Crippen molar-refractivity contribution in [2.75, 3.05) is 0 Å². The van der Waals surface area contributed by atoms with Crippen molar-refractivity contribution in [3.8, 4) is 10.9 Å². The first kappa shape index (κ1) is 11.6. The summed E-state index contributed by atoms with van der Waals surface area (Å²) in [5.41, 5.74) is 0.128. The van der Waals surface area contributed by atoms with Crippen LogP contribution in [-0.2, 0) is 0 Å². The smallest absolute Gasteiger partial charge is 0.336 e. The Morgan fingerprint density at radius 2 is 2.10 bits per heavy atom. The molecule has 0 radical (unpaired) electrons. The van der Waals surface area contributed by atoms with Gasteiger partial charge in [0.1, 0.15) is 17.2 Å². The molecule has 0 spiro atoms. The van der Waals surface area contributed by atoms with E-state index in [1.807, 2.05) is 12.1 Å². The molecule has 4 rings (SSSR count). The van der Waals surface area contributed by atoms with Gasteiger partial charge in [0.25, 0.3) is 5.19 Å². The number of aromatic nitrogens is 2. The SMILES string of the molecule is O=c1ccc2ccc(Oc3nc(C4CC4)ns3)cc2o1. The third-order valence-electron chi connectivity index (χ3n) is 3.17. The van der Waals surface area contributed by atoms with E-state index < -0.39 is 0 Å². The first-order valence-corrected chi connectivity index (χ1v) is 7.11. The van der Waals surface area contributed by atoms with Crippen molar-refractivity contribution in [1.82, 2.24) is 9.36 Å². The minimum absolute atomic E-state index is 0.374. The zero-order valence-electron chi connectivity index (χ0n) is 10.4. The number of fused-ring (bicyclic) bond motifs is 1. The maximum absolute atomic E-state index is 11.2. The average Bonchev–Trinajstić information content (AvgIpc) is 3.19. The number of hydrogen-bond donors (Lipinski definition) is 0. The molecule has 0 aliphatic heterocycles. The van der Waals surface area contributed by atoms with E-state index in [2.05, 4.69) is 9.36 Å². The number of benzene rings is 1. The maximum atomic E-state index is 11.2. The molecule has 0 N–H and O–H groups in total. The van der Waals surface area contributed by atoms with Gasteiger partial charge in [-0.2, -0.15) is 9.36 Å². The largest absolute Gasteiger partial charge is 0.430 e. The minimum atomic E-state index is -0.374. The van der Waals surface area contributed by atoms with E-state index in [4.69, 9.17) is 9.15 Å². The number of ether oxygens (including phenoxy) is 1. The van der Waals surface area contributed by atoms with Crippen LogP contribution in [0.15, 0.2) is 39.5 Å². The molecular formula is C14H10N2O3S. The molecule has 1 aliphatic rings. The molecule has 0 unspecified atom stereocenters. The van der Waals surface area contributed by atoms with Gasteiger partial charge in [-0.25, -0.2) is 4.79 Å². The Bertz CT molecular complexity index is 836. The van der Waals surface area contributed by atoms with Crippen molar-refractivity contribution in [2.24, 2.45) is 0 Å². The van der Waals surface area contributed by atoms with Gasteiger partial charge in [-0.1, -0.05) is 0 Å². The third-order valence-corrected chi connectivity index (χ3v) is 3.77. The summed E-state index contributed by atoms with van der Waals surface area (Å²) in [6, 6.07) is 8.47. The highest BCUT2D eigenvalue weighted by atomic mass is 32.1. The maximum Gasteiger partial charge on any atom is 0.336 e. The van der Waals surface area contributed by atoms with E-state index in [-0.39, 0.29) is 5.63 Å². The number of nitrogens with zero attached hydrogens (tertiary/aromatic N) is 2. The third kappa shape index (κ3) is 2.18. The molecule has 2 heterocycles. The highest BCUT2D eigenvalue weighted by Crippen LogP contribution is 2.40. The molecule has 0 bridgehead atoms. The molecule has 1 fully saturated rings. The predicted molar refractivity (Wildman–Crippen MR) is 74.4 cm³/mol. The van der Waals surface area contributed by atoms with E-state index >= 15 is 0 Å². The Labute approximate surface area is 118 Å². The quantitative estimate of drug-likeness (QED) is 0.691. The monoisotopic (exact) mass is 286 g/mol. The minimum Gasteiger partial charge on any atom is -0.430 e. The fourth-order valence-corrected chi connectivity index (χ4v) is 2.60. The van der Waals surface area contributed by atoms with Crippen LogP contribution >= 0.6 is 11.5 Å². The highest BCUT2D eigenvalue weighted by molar-refractivity contribution is 7.07. The zero-order chi connectivity index (χ0) is 13.5. The Morgan fingerprint density at radius 1 is 1.25 bits per heavy atom. The summed E-state index contributed by atoms with van der Waals surface area (Å²) in [6.45, 7) is 0. The van der Waals surface area contributed by atoms with Crippen LogP contribution < -0.4 is 10.4 Å². The van der Waals surface area contributed by atoms with E-state index in [9.17, 15) is 4.79 Å². The topological polar surface area (TPSA) is 65.2 Å². The molecule has 0 saturated heterocycles. The summed E-state index contributed by atoms with van der Waals surface area (Å²) < 4.78 is 15.1. The Morgan fingerprint density at radius 3 is 2.95 bits per heavy atom. The molecule has 3 aromatic rings. The Kier molecular flexibility index (Phi) is 2.56. The van der Waals surface area contributed by atoms with Gasteiger partial charge in [-0.15, -0.1) is 0 Å². The first-order valence-electron chi connectivity index (χ1n) is 6.33. The number of rotatable bonds is 3. The van der Waals surface area contributed by atoms with Gasteiger partial charge in [0.15, 0.2) is 0 Å². The van der Waals surface area contributed by atoms with E-state index in [0.717, 1.165) is 24.1 Å². The van der Waals surface area contributed by atoms with Gasteiger partial charge in [-0.3, -0.25) is 0 Å². The molecule has 1 aliphatic carbocycles. The van der Waals surface area contributed by atoms with Crippen LogP contribution in [0.4, 0.5) is 0 Å². The second-order valence-corrected chi connectivity index (χ2v) is 5.46. The van der Waals surface area contributed by atoms with Crippen molar-refractivity contribution in [3.05, 3.63) is 46.6 Å². The summed E-state index contributed by atoms with van der Waals surface area (Å²) in [6.07, 6.45) is 2.33. The van der Waals surface area contributed by atoms with Gasteiger partial charge >= 0.3 is 5.63 Å². The van der Waals surface area contributed by atoms with Crippen LogP contribution in [0.25, 0.3) is 11.0 Å². The van der Waals surface area contributed by atoms with Gasteiger partial charge in [0.2, 0.25) is 0 Å². The summed E-state index contributed by atoms with van der Waals surface area (Å²) in [7, 11) is 0. The molecule has 6 heteroatoms. The van der Waals surface area contributed by atoms with Crippen LogP contribution in [0, 0.1) is 0 Å². The molecule has 0 amide bonds. The summed E-state index contributed by atoms with van der Waals surface area (Å²) >= 11 is 1.25. The lowest BCUT2D eigenvalue weighted by Crippen LogP contribution is -1.94. The van der Waals surface area contributed by atoms with Gasteiger partial charge in [0.05, 0.1) is 0 Å². The fraction of sp³-hybridized carbons (Fsp3) is 0.214. The lowest BCUT2D eigenvalue weighted by Gasteiger charge is -2.02. The van der Waals surface area contributed by atoms with Crippen LogP contribution in [0.3, 0.4) is 0 Å². The molecule has 100 valence electrons. The van der Waals surface area contributed by atoms with Crippen LogP contribution in [0.2, 0.25) is 0 Å². The van der Waals surface area contributed by atoms with Crippen LogP contribution in [0.1, 0.15) is 24.6 Å². The van der Waals surface area contributed by atoms with Crippen molar-refractivity contribution < 1.29 is 9.15 Å². The van der Waals surface area contributed by atoms with Crippen molar-refractivity contribution in [1.29, 1.82) is 0 Å². The van der Waals surface area contributed by atoms with Gasteiger partial charge < -0.3 is 9.15 Å². The molecular weight excluding hydrogens is 276 g/mol. The molecule has 1 aromatic carbocycles. The molecule has 2 aromatic heterocycles. The van der Waals surface area contributed by atoms with E-state index in [1.165, 1.54) is 17.6 Å². The summed E-state index contributed by atoms with van der Waals surface area (Å²) in [5, 5.41) is 1.37. The van der Waals surface area contributed by atoms with E-state index in [0.29, 0.717) is 22.4 Å². The van der Waals surface area contributed by atoms with Gasteiger partial charge in [-0.05, 0) is 31.0 Å². The van der Waals surface area contributed by atoms with Gasteiger partial charge in [0, 0.05) is 35.0 Å². The van der Waals surface area contributed by atoms with Crippen molar-refractivity contribution >= 4 is 22.5 Å². The fourth-order valence-electron chi connectivity index (χ4n) is 1.97. The summed E-state index contributed by atoms with van der Waals surface area (Å²) in [5.74, 6) is 1.97. The molecule has 0 atom stereocenters. The Balaban J connectivity index is 1.65. The first-order chi connectivity index (χ1) is 9.78. The van der Waals surface area contributed by atoms with Crippen molar-refractivity contribution in [3.63, 3.8) is 0 Å². The molecule has 20 heavy (non-hydrogen) atoms. The summed E-state index contributed by atoms with van der Waals surface area (Å²) in [4.78, 5) is 15.6. The van der Waals surface area contributed by atoms with Crippen LogP contribution in [-0.4, -0.2) is 9.36 Å². The lowest BCUT2D eigenvalue weighted by atomic mass is 10.2. The second kappa shape index (κ2) is 4.42. The van der Waals surface area contributed by atoms with Crippen LogP contribution in [0.5, 0.6) is 10.9 Å². The average molecular weight is 286 g/mol. The Hall–Kier alpha value is -2.21. The molecule has 5 nitrogen and oxygen atoms in total. The second-order valence-electron chi connectivity index (χ2n) is 4.75. The zero-order valence-corrected chi connectivity index (χ0v) is 11.2. The highest BCUT2D eigenvalue weighted by Gasteiger charge is 2.28.